The van der Waals surface area contributed by atoms with Gasteiger partial charge in [-0.1, -0.05) is 6.42 Å². The molecule has 1 aromatic rings. The number of likely N-dealkylation sites (tertiary alicyclic amines) is 1. The van der Waals surface area contributed by atoms with Crippen LogP contribution < -0.4 is 21.7 Å². The topological polar surface area (TPSA) is 12.5 Å². The number of halogens is 1. The zero-order chi connectivity index (χ0) is 10.3. The fourth-order valence-electron chi connectivity index (χ4n) is 1.93. The van der Waals surface area contributed by atoms with Crippen LogP contribution in [0.2, 0.25) is 0 Å². The number of hydrogen-bond acceptors (Lipinski definition) is 2. The minimum Gasteiger partial charge on any atom is -1.00 e. The van der Waals surface area contributed by atoms with Crippen molar-refractivity contribution in [3.63, 3.8) is 0 Å². The van der Waals surface area contributed by atoms with Gasteiger partial charge in [-0.2, -0.15) is 18.2 Å². The van der Waals surface area contributed by atoms with Crippen molar-refractivity contribution in [3.05, 3.63) is 30.3 Å². The van der Waals surface area contributed by atoms with Crippen molar-refractivity contribution >= 4 is 23.1 Å². The second kappa shape index (κ2) is 10.2. The van der Waals surface area contributed by atoms with Crippen molar-refractivity contribution in [2.24, 2.45) is 0 Å². The molecule has 0 radical (unpaired) electrons. The Bertz CT molecular complexity index is 278. The smallest absolute Gasteiger partial charge is 1.00 e. The molecule has 0 saturated carbocycles. The monoisotopic (exact) mass is 307 g/mol. The second-order valence-corrected chi connectivity index (χ2v) is 3.98. The van der Waals surface area contributed by atoms with Gasteiger partial charge in [-0.15, -0.1) is 12.1 Å². The van der Waals surface area contributed by atoms with Gasteiger partial charge in [-0.05, 0) is 25.9 Å². The van der Waals surface area contributed by atoms with E-state index in [-0.39, 0.29) is 40.0 Å². The molecule has 1 aliphatic heterocycles. The zero-order valence-corrected chi connectivity index (χ0v) is 13.2. The summed E-state index contributed by atoms with van der Waals surface area (Å²) in [6.45, 7) is 4.30. The van der Waals surface area contributed by atoms with Crippen molar-refractivity contribution < 1.29 is 21.7 Å². The molecule has 2 rings (SSSR count). The van der Waals surface area contributed by atoms with Gasteiger partial charge < -0.3 is 21.7 Å². The molecule has 1 fully saturated rings. The second-order valence-electron chi connectivity index (χ2n) is 3.98. The van der Waals surface area contributed by atoms with E-state index in [2.05, 4.69) is 11.0 Å². The van der Waals surface area contributed by atoms with Crippen LogP contribution in [-0.4, -0.2) is 54.2 Å². The Kier molecular flexibility index (Phi) is 10.3. The zero-order valence-electron chi connectivity index (χ0n) is 10.2. The SMILES string of the molecule is [Br-].[Mg+2].[c-]1ccccc1OCCN1CCCCC1. The van der Waals surface area contributed by atoms with Crippen LogP contribution in [0.1, 0.15) is 19.3 Å². The van der Waals surface area contributed by atoms with Crippen LogP contribution in [0.15, 0.2) is 24.3 Å². The third kappa shape index (κ3) is 6.65. The molecular formula is C13H18BrMgNO. The van der Waals surface area contributed by atoms with E-state index in [1.54, 1.807) is 0 Å². The summed E-state index contributed by atoms with van der Waals surface area (Å²) in [7, 11) is 0. The minimum absolute atomic E-state index is 0. The van der Waals surface area contributed by atoms with E-state index < -0.39 is 0 Å². The minimum atomic E-state index is 0. The van der Waals surface area contributed by atoms with Gasteiger partial charge in [-0.25, -0.2) is 0 Å². The Morgan fingerprint density at radius 1 is 1.18 bits per heavy atom. The Hall–Kier alpha value is 0.226. The molecular weight excluding hydrogens is 290 g/mol. The van der Waals surface area contributed by atoms with E-state index >= 15 is 0 Å². The van der Waals surface area contributed by atoms with E-state index in [0.717, 1.165) is 18.9 Å². The molecule has 0 amide bonds. The van der Waals surface area contributed by atoms with Gasteiger partial charge in [0.1, 0.15) is 0 Å². The van der Waals surface area contributed by atoms with E-state index in [4.69, 9.17) is 4.74 Å². The van der Waals surface area contributed by atoms with Crippen LogP contribution in [0.3, 0.4) is 0 Å². The molecule has 1 heterocycles. The number of nitrogens with zero attached hydrogens (tertiary/aromatic N) is 1. The van der Waals surface area contributed by atoms with E-state index in [1.807, 2.05) is 24.3 Å². The van der Waals surface area contributed by atoms with Gasteiger partial charge in [-0.3, -0.25) is 4.90 Å². The number of piperidine rings is 1. The van der Waals surface area contributed by atoms with Crippen LogP contribution in [0, 0.1) is 6.07 Å². The Balaban J connectivity index is 0.00000128. The predicted octanol–water partition coefficient (Wildman–Crippen LogP) is -1.03. The van der Waals surface area contributed by atoms with Crippen molar-refractivity contribution in [1.29, 1.82) is 0 Å². The fraction of sp³-hybridized carbons (Fsp3) is 0.538. The van der Waals surface area contributed by atoms with Gasteiger partial charge in [0, 0.05) is 12.3 Å². The first-order chi connectivity index (χ1) is 7.45. The molecule has 0 atom stereocenters. The number of rotatable bonds is 4. The Morgan fingerprint density at radius 3 is 2.59 bits per heavy atom. The van der Waals surface area contributed by atoms with Gasteiger partial charge in [0.05, 0.1) is 6.61 Å². The van der Waals surface area contributed by atoms with Gasteiger partial charge in [0.2, 0.25) is 0 Å². The summed E-state index contributed by atoms with van der Waals surface area (Å²) in [5.41, 5.74) is 0. The van der Waals surface area contributed by atoms with E-state index in [9.17, 15) is 0 Å². The third-order valence-corrected chi connectivity index (χ3v) is 2.79. The Morgan fingerprint density at radius 2 is 1.94 bits per heavy atom. The maximum absolute atomic E-state index is 5.61. The number of ether oxygens (including phenoxy) is 1. The molecule has 1 aliphatic rings. The predicted molar refractivity (Wildman–Crippen MR) is 66.8 cm³/mol. The summed E-state index contributed by atoms with van der Waals surface area (Å²) in [6.07, 6.45) is 4.08. The molecule has 1 saturated heterocycles. The molecule has 90 valence electrons. The van der Waals surface area contributed by atoms with Crippen LogP contribution in [-0.2, 0) is 0 Å². The molecule has 0 bridgehead atoms. The molecule has 0 spiro atoms. The average Bonchev–Trinajstić information content (AvgIpc) is 2.32. The fourth-order valence-corrected chi connectivity index (χ4v) is 1.93. The van der Waals surface area contributed by atoms with Crippen molar-refractivity contribution in [1.82, 2.24) is 4.90 Å². The van der Waals surface area contributed by atoms with Gasteiger partial charge in [0.25, 0.3) is 0 Å². The summed E-state index contributed by atoms with van der Waals surface area (Å²) in [4.78, 5) is 2.48. The molecule has 4 heteroatoms. The Labute approximate surface area is 131 Å². The first kappa shape index (κ1) is 17.2. The van der Waals surface area contributed by atoms with Crippen LogP contribution >= 0.6 is 0 Å². The number of para-hydroxylation sites is 1. The molecule has 0 unspecified atom stereocenters. The van der Waals surface area contributed by atoms with Crippen molar-refractivity contribution in [2.45, 2.75) is 19.3 Å². The molecule has 0 aromatic heterocycles. The summed E-state index contributed by atoms with van der Waals surface area (Å²) in [5, 5.41) is 0. The molecule has 17 heavy (non-hydrogen) atoms. The molecule has 1 aromatic carbocycles. The largest absolute Gasteiger partial charge is 2.00 e. The number of benzene rings is 1. The van der Waals surface area contributed by atoms with Gasteiger partial charge >= 0.3 is 23.1 Å². The van der Waals surface area contributed by atoms with Crippen molar-refractivity contribution in [2.75, 3.05) is 26.2 Å². The molecule has 0 N–H and O–H groups in total. The third-order valence-electron chi connectivity index (χ3n) is 2.79. The summed E-state index contributed by atoms with van der Waals surface area (Å²) >= 11 is 0. The van der Waals surface area contributed by atoms with E-state index in [0.29, 0.717) is 0 Å². The van der Waals surface area contributed by atoms with Crippen LogP contribution in [0.5, 0.6) is 5.75 Å². The van der Waals surface area contributed by atoms with E-state index in [1.165, 1.54) is 32.4 Å². The van der Waals surface area contributed by atoms with Crippen LogP contribution in [0.4, 0.5) is 0 Å². The number of hydrogen-bond donors (Lipinski definition) is 0. The standard InChI is InChI=1S/C13H18NO.BrH.Mg/c1-3-7-13(8-4-1)15-12-11-14-9-5-2-6-10-14;;/h1,3-4,7H,2,5-6,9-12H2;1H;/q-1;;+2/p-1. The summed E-state index contributed by atoms with van der Waals surface area (Å²) < 4.78 is 5.61. The average molecular weight is 309 g/mol. The molecule has 0 aliphatic carbocycles. The summed E-state index contributed by atoms with van der Waals surface area (Å²) in [5.74, 6) is 0.856. The van der Waals surface area contributed by atoms with Crippen molar-refractivity contribution in [3.8, 4) is 5.75 Å². The first-order valence-corrected chi connectivity index (χ1v) is 5.77. The van der Waals surface area contributed by atoms with Gasteiger partial charge in [0.15, 0.2) is 0 Å². The van der Waals surface area contributed by atoms with Crippen LogP contribution in [0.25, 0.3) is 0 Å². The summed E-state index contributed by atoms with van der Waals surface area (Å²) in [6, 6.07) is 10.8. The molecule has 2 nitrogen and oxygen atoms in total. The quantitative estimate of drug-likeness (QED) is 0.521. The maximum Gasteiger partial charge on any atom is 2.00 e. The normalized spacial score (nSPS) is 15.5. The maximum atomic E-state index is 5.61. The first-order valence-electron chi connectivity index (χ1n) is 5.77.